The summed E-state index contributed by atoms with van der Waals surface area (Å²) in [6, 6.07) is 15.9. The maximum absolute atomic E-state index is 13.0. The lowest BCUT2D eigenvalue weighted by molar-refractivity contribution is -0.129. The summed E-state index contributed by atoms with van der Waals surface area (Å²) in [6.07, 6.45) is 3.30. The van der Waals surface area contributed by atoms with Gasteiger partial charge in [0, 0.05) is 10.6 Å². The SMILES string of the molecule is Cc1ccc(-n2cnnc2SCC(=O)N(Cc2ccco2)Cc2cccs2)cc1. The summed E-state index contributed by atoms with van der Waals surface area (Å²) in [5.74, 6) is 1.07. The van der Waals surface area contributed by atoms with Crippen molar-refractivity contribution in [1.82, 2.24) is 19.7 Å². The molecule has 0 aliphatic heterocycles. The number of hydrogen-bond donors (Lipinski definition) is 0. The van der Waals surface area contributed by atoms with Crippen LogP contribution in [0.5, 0.6) is 0 Å². The van der Waals surface area contributed by atoms with E-state index in [9.17, 15) is 4.79 Å². The lowest BCUT2D eigenvalue weighted by Gasteiger charge is -2.21. The smallest absolute Gasteiger partial charge is 0.233 e. The normalized spacial score (nSPS) is 10.9. The molecule has 0 aliphatic carbocycles. The van der Waals surface area contributed by atoms with Crippen LogP contribution in [0.25, 0.3) is 5.69 Å². The van der Waals surface area contributed by atoms with E-state index >= 15 is 0 Å². The predicted molar refractivity (Wildman–Crippen MR) is 114 cm³/mol. The molecule has 148 valence electrons. The summed E-state index contributed by atoms with van der Waals surface area (Å²) in [6.45, 7) is 3.04. The molecule has 0 unspecified atom stereocenters. The van der Waals surface area contributed by atoms with Gasteiger partial charge in [-0.15, -0.1) is 21.5 Å². The van der Waals surface area contributed by atoms with Gasteiger partial charge in [-0.2, -0.15) is 0 Å². The third kappa shape index (κ3) is 4.96. The summed E-state index contributed by atoms with van der Waals surface area (Å²) in [7, 11) is 0. The molecular formula is C21H20N4O2S2. The number of aromatic nitrogens is 3. The zero-order chi connectivity index (χ0) is 20.1. The molecule has 0 saturated carbocycles. The van der Waals surface area contributed by atoms with Crippen LogP contribution in [0.3, 0.4) is 0 Å². The fourth-order valence-corrected chi connectivity index (χ4v) is 4.39. The van der Waals surface area contributed by atoms with E-state index < -0.39 is 0 Å². The second kappa shape index (κ2) is 9.11. The summed E-state index contributed by atoms with van der Waals surface area (Å²) >= 11 is 3.03. The van der Waals surface area contributed by atoms with Crippen molar-refractivity contribution < 1.29 is 9.21 Å². The Morgan fingerprint density at radius 2 is 2.03 bits per heavy atom. The van der Waals surface area contributed by atoms with E-state index in [-0.39, 0.29) is 11.7 Å². The molecule has 1 amide bonds. The van der Waals surface area contributed by atoms with E-state index in [1.165, 1.54) is 17.3 Å². The van der Waals surface area contributed by atoms with Gasteiger partial charge in [-0.05, 0) is 42.6 Å². The number of amides is 1. The third-order valence-electron chi connectivity index (χ3n) is 4.36. The molecule has 6 nitrogen and oxygen atoms in total. The van der Waals surface area contributed by atoms with Gasteiger partial charge in [0.05, 0.1) is 25.1 Å². The van der Waals surface area contributed by atoms with Crippen LogP contribution >= 0.6 is 23.1 Å². The quantitative estimate of drug-likeness (QED) is 0.388. The molecule has 0 aliphatic rings. The Morgan fingerprint density at radius 1 is 1.17 bits per heavy atom. The highest BCUT2D eigenvalue weighted by Crippen LogP contribution is 2.22. The van der Waals surface area contributed by atoms with Gasteiger partial charge in [0.1, 0.15) is 12.1 Å². The molecule has 0 atom stereocenters. The first-order valence-electron chi connectivity index (χ1n) is 9.11. The van der Waals surface area contributed by atoms with Crippen LogP contribution in [-0.2, 0) is 17.9 Å². The number of rotatable bonds is 8. The van der Waals surface area contributed by atoms with E-state index in [1.807, 2.05) is 70.3 Å². The third-order valence-corrected chi connectivity index (χ3v) is 6.15. The van der Waals surface area contributed by atoms with E-state index in [2.05, 4.69) is 10.2 Å². The van der Waals surface area contributed by atoms with Gasteiger partial charge < -0.3 is 9.32 Å². The van der Waals surface area contributed by atoms with Gasteiger partial charge in [-0.3, -0.25) is 9.36 Å². The Labute approximate surface area is 177 Å². The minimum Gasteiger partial charge on any atom is -0.467 e. The van der Waals surface area contributed by atoms with Crippen molar-refractivity contribution in [3.8, 4) is 5.69 Å². The van der Waals surface area contributed by atoms with Crippen molar-refractivity contribution in [3.63, 3.8) is 0 Å². The summed E-state index contributed by atoms with van der Waals surface area (Å²) in [4.78, 5) is 15.9. The highest BCUT2D eigenvalue weighted by molar-refractivity contribution is 7.99. The number of carbonyl (C=O) groups is 1. The van der Waals surface area contributed by atoms with E-state index in [1.54, 1.807) is 23.9 Å². The second-order valence-corrected chi connectivity index (χ2v) is 8.49. The Balaban J connectivity index is 1.45. The maximum atomic E-state index is 13.0. The molecular weight excluding hydrogens is 404 g/mol. The molecule has 4 aromatic rings. The monoisotopic (exact) mass is 424 g/mol. The molecule has 8 heteroatoms. The first-order chi connectivity index (χ1) is 14.2. The zero-order valence-corrected chi connectivity index (χ0v) is 17.5. The lowest BCUT2D eigenvalue weighted by atomic mass is 10.2. The topological polar surface area (TPSA) is 64.2 Å². The van der Waals surface area contributed by atoms with Gasteiger partial charge in [0.2, 0.25) is 5.91 Å². The van der Waals surface area contributed by atoms with Gasteiger partial charge in [-0.1, -0.05) is 35.5 Å². The van der Waals surface area contributed by atoms with Crippen LogP contribution in [0.15, 0.2) is 76.1 Å². The molecule has 0 spiro atoms. The number of hydrogen-bond acceptors (Lipinski definition) is 6. The van der Waals surface area contributed by atoms with Crippen LogP contribution in [0.4, 0.5) is 0 Å². The predicted octanol–water partition coefficient (Wildman–Crippen LogP) is 4.55. The molecule has 0 radical (unpaired) electrons. The number of thiophene rings is 1. The second-order valence-electron chi connectivity index (χ2n) is 6.52. The van der Waals surface area contributed by atoms with Crippen molar-refractivity contribution in [2.45, 2.75) is 25.2 Å². The number of benzene rings is 1. The number of thioether (sulfide) groups is 1. The Kier molecular flexibility index (Phi) is 6.12. The molecule has 0 saturated heterocycles. The average Bonchev–Trinajstić information content (AvgIpc) is 3.49. The fourth-order valence-electron chi connectivity index (χ4n) is 2.84. The largest absolute Gasteiger partial charge is 0.467 e. The van der Waals surface area contributed by atoms with Crippen LogP contribution in [0, 0.1) is 6.92 Å². The van der Waals surface area contributed by atoms with Crippen molar-refractivity contribution >= 4 is 29.0 Å². The average molecular weight is 425 g/mol. The summed E-state index contributed by atoms with van der Waals surface area (Å²) in [5.41, 5.74) is 2.16. The molecule has 1 aromatic carbocycles. The zero-order valence-electron chi connectivity index (χ0n) is 15.9. The molecule has 0 fully saturated rings. The number of carbonyl (C=O) groups excluding carboxylic acids is 1. The van der Waals surface area contributed by atoms with Gasteiger partial charge in [-0.25, -0.2) is 0 Å². The Morgan fingerprint density at radius 3 is 2.76 bits per heavy atom. The first kappa shape index (κ1) is 19.5. The van der Waals surface area contributed by atoms with E-state index in [0.29, 0.717) is 18.2 Å². The van der Waals surface area contributed by atoms with E-state index in [0.717, 1.165) is 16.3 Å². The summed E-state index contributed by atoms with van der Waals surface area (Å²) in [5, 5.41) is 10.9. The standard InChI is InChI=1S/C21H20N4O2S2/c1-16-6-8-17(9-7-16)25-15-22-23-21(25)29-14-20(26)24(12-18-4-2-10-27-18)13-19-5-3-11-28-19/h2-11,15H,12-14H2,1H3. The highest BCUT2D eigenvalue weighted by atomic mass is 32.2. The summed E-state index contributed by atoms with van der Waals surface area (Å²) < 4.78 is 7.34. The Hall–Kier alpha value is -2.84. The maximum Gasteiger partial charge on any atom is 0.233 e. The molecule has 4 rings (SSSR count). The molecule has 3 aromatic heterocycles. The van der Waals surface area contributed by atoms with Crippen LogP contribution in [0.2, 0.25) is 0 Å². The van der Waals surface area contributed by atoms with Crippen LogP contribution < -0.4 is 0 Å². The number of nitrogens with zero attached hydrogens (tertiary/aromatic N) is 4. The van der Waals surface area contributed by atoms with Crippen molar-refractivity contribution in [2.24, 2.45) is 0 Å². The minimum absolute atomic E-state index is 0.0262. The molecule has 29 heavy (non-hydrogen) atoms. The highest BCUT2D eigenvalue weighted by Gasteiger charge is 2.18. The minimum atomic E-state index is 0.0262. The number of aryl methyl sites for hydroxylation is 1. The van der Waals surface area contributed by atoms with Gasteiger partial charge >= 0.3 is 0 Å². The molecule has 0 bridgehead atoms. The molecule has 3 heterocycles. The lowest BCUT2D eigenvalue weighted by Crippen LogP contribution is -2.31. The van der Waals surface area contributed by atoms with Crippen molar-refractivity contribution in [2.75, 3.05) is 5.75 Å². The van der Waals surface area contributed by atoms with Gasteiger partial charge in [0.25, 0.3) is 0 Å². The number of furan rings is 1. The van der Waals surface area contributed by atoms with Gasteiger partial charge in [0.15, 0.2) is 5.16 Å². The van der Waals surface area contributed by atoms with Crippen LogP contribution in [-0.4, -0.2) is 31.3 Å². The first-order valence-corrected chi connectivity index (χ1v) is 11.0. The fraction of sp³-hybridized carbons (Fsp3) is 0.190. The molecule has 0 N–H and O–H groups in total. The van der Waals surface area contributed by atoms with Crippen molar-refractivity contribution in [3.05, 3.63) is 82.7 Å². The van der Waals surface area contributed by atoms with Crippen molar-refractivity contribution in [1.29, 1.82) is 0 Å². The Bertz CT molecular complexity index is 1000. The van der Waals surface area contributed by atoms with Crippen LogP contribution in [0.1, 0.15) is 16.2 Å². The van der Waals surface area contributed by atoms with E-state index in [4.69, 9.17) is 4.42 Å².